The fourth-order valence-corrected chi connectivity index (χ4v) is 3.47. The number of halogens is 2. The summed E-state index contributed by atoms with van der Waals surface area (Å²) in [5.74, 6) is -1.87. The van der Waals surface area contributed by atoms with Crippen LogP contribution in [-0.4, -0.2) is 74.6 Å². The predicted octanol–water partition coefficient (Wildman–Crippen LogP) is 0.886. The zero-order valence-corrected chi connectivity index (χ0v) is 13.9. The quantitative estimate of drug-likeness (QED) is 0.883. The molecule has 1 atom stereocenters. The maximum Gasteiger partial charge on any atom is 0.250 e. The van der Waals surface area contributed by atoms with Gasteiger partial charge in [-0.15, -0.1) is 0 Å². The van der Waals surface area contributed by atoms with E-state index in [1.807, 2.05) is 11.8 Å². The second-order valence-corrected chi connectivity index (χ2v) is 7.02. The van der Waals surface area contributed by atoms with Crippen molar-refractivity contribution in [1.29, 1.82) is 0 Å². The van der Waals surface area contributed by atoms with Gasteiger partial charge >= 0.3 is 0 Å². The number of β-amino-alcohol motifs (C(OH)–C–C–N with tert-alkyl or cyclic N) is 1. The lowest BCUT2D eigenvalue weighted by molar-refractivity contribution is -0.132. The SMILES string of the molecule is Cc1nccn1CC(=O)N1CC[C@@](O)(CN2CCC(F)(F)CC2)C1. The number of likely N-dealkylation sites (tertiary alicyclic amines) is 2. The number of alkyl halides is 2. The van der Waals surface area contributed by atoms with Crippen LogP contribution < -0.4 is 0 Å². The van der Waals surface area contributed by atoms with Crippen LogP contribution in [-0.2, 0) is 11.3 Å². The first kappa shape index (κ1) is 17.3. The van der Waals surface area contributed by atoms with Gasteiger partial charge in [-0.2, -0.15) is 0 Å². The van der Waals surface area contributed by atoms with Crippen molar-refractivity contribution in [3.05, 3.63) is 18.2 Å². The van der Waals surface area contributed by atoms with Gasteiger partial charge in [-0.05, 0) is 13.3 Å². The number of piperidine rings is 1. The monoisotopic (exact) mass is 342 g/mol. The molecule has 8 heteroatoms. The smallest absolute Gasteiger partial charge is 0.250 e. The number of amides is 1. The number of aliphatic hydroxyl groups is 1. The van der Waals surface area contributed by atoms with Crippen LogP contribution in [0.25, 0.3) is 0 Å². The van der Waals surface area contributed by atoms with Gasteiger partial charge in [0.25, 0.3) is 5.92 Å². The van der Waals surface area contributed by atoms with Crippen LogP contribution >= 0.6 is 0 Å². The molecule has 134 valence electrons. The van der Waals surface area contributed by atoms with Crippen molar-refractivity contribution in [2.24, 2.45) is 0 Å². The zero-order chi connectivity index (χ0) is 17.4. The molecule has 1 aromatic heterocycles. The lowest BCUT2D eigenvalue weighted by Gasteiger charge is -2.36. The fraction of sp³-hybridized carbons (Fsp3) is 0.750. The van der Waals surface area contributed by atoms with Gasteiger partial charge in [-0.25, -0.2) is 13.8 Å². The lowest BCUT2D eigenvalue weighted by atomic mass is 10.00. The Kier molecular flexibility index (Phi) is 4.61. The van der Waals surface area contributed by atoms with Gasteiger partial charge < -0.3 is 14.6 Å². The fourth-order valence-electron chi connectivity index (χ4n) is 3.47. The number of hydrogen-bond acceptors (Lipinski definition) is 4. The van der Waals surface area contributed by atoms with Crippen LogP contribution in [0.1, 0.15) is 25.1 Å². The van der Waals surface area contributed by atoms with Crippen molar-refractivity contribution in [3.8, 4) is 0 Å². The van der Waals surface area contributed by atoms with Crippen molar-refractivity contribution >= 4 is 5.91 Å². The van der Waals surface area contributed by atoms with E-state index in [1.165, 1.54) is 0 Å². The molecule has 1 aromatic rings. The summed E-state index contributed by atoms with van der Waals surface area (Å²) in [5.41, 5.74) is -1.01. The van der Waals surface area contributed by atoms with Crippen LogP contribution in [0.5, 0.6) is 0 Å². The molecule has 0 spiro atoms. The number of carbonyl (C=O) groups is 1. The summed E-state index contributed by atoms with van der Waals surface area (Å²) >= 11 is 0. The molecule has 3 rings (SSSR count). The first-order valence-electron chi connectivity index (χ1n) is 8.34. The molecular weight excluding hydrogens is 318 g/mol. The van der Waals surface area contributed by atoms with Crippen molar-refractivity contribution in [3.63, 3.8) is 0 Å². The Morgan fingerprint density at radius 3 is 2.62 bits per heavy atom. The average Bonchev–Trinajstić information content (AvgIpc) is 3.09. The summed E-state index contributed by atoms with van der Waals surface area (Å²) in [6.45, 7) is 3.71. The third-order valence-electron chi connectivity index (χ3n) is 5.02. The van der Waals surface area contributed by atoms with Gasteiger partial charge in [0.2, 0.25) is 5.91 Å². The van der Waals surface area contributed by atoms with E-state index >= 15 is 0 Å². The van der Waals surface area contributed by atoms with Gasteiger partial charge in [0.05, 0.1) is 12.1 Å². The van der Waals surface area contributed by atoms with Crippen molar-refractivity contribution < 1.29 is 18.7 Å². The van der Waals surface area contributed by atoms with Crippen molar-refractivity contribution in [2.45, 2.75) is 44.3 Å². The summed E-state index contributed by atoms with van der Waals surface area (Å²) in [5, 5.41) is 10.7. The molecule has 0 aliphatic carbocycles. The molecule has 0 saturated carbocycles. The van der Waals surface area contributed by atoms with Crippen LogP contribution in [0.3, 0.4) is 0 Å². The highest BCUT2D eigenvalue weighted by Crippen LogP contribution is 2.30. The topological polar surface area (TPSA) is 61.6 Å². The molecule has 3 heterocycles. The van der Waals surface area contributed by atoms with E-state index in [1.54, 1.807) is 21.9 Å². The van der Waals surface area contributed by atoms with Gasteiger partial charge in [-0.3, -0.25) is 9.69 Å². The number of rotatable bonds is 4. The minimum absolute atomic E-state index is 0.0581. The largest absolute Gasteiger partial charge is 0.387 e. The molecule has 1 N–H and O–H groups in total. The van der Waals surface area contributed by atoms with E-state index in [4.69, 9.17) is 0 Å². The number of hydrogen-bond donors (Lipinski definition) is 1. The Balaban J connectivity index is 1.52. The number of carbonyl (C=O) groups excluding carboxylic acids is 1. The molecule has 2 aliphatic heterocycles. The standard InChI is InChI=1S/C16H24F2N4O2/c1-13-19-5-9-21(13)10-14(23)22-8-2-15(24,12-22)11-20-6-3-16(17,18)4-7-20/h5,9,24H,2-4,6-8,10-12H2,1H3/t15-/m1/s1. The average molecular weight is 342 g/mol. The van der Waals surface area contributed by atoms with Gasteiger partial charge in [-0.1, -0.05) is 0 Å². The first-order valence-corrected chi connectivity index (χ1v) is 8.34. The molecule has 1 amide bonds. The van der Waals surface area contributed by atoms with Gasteiger partial charge in [0, 0.05) is 51.4 Å². The Morgan fingerprint density at radius 2 is 2.00 bits per heavy atom. The highest BCUT2D eigenvalue weighted by atomic mass is 19.3. The maximum absolute atomic E-state index is 13.2. The molecule has 2 aliphatic rings. The number of aryl methyl sites for hydroxylation is 1. The zero-order valence-electron chi connectivity index (χ0n) is 13.9. The molecule has 0 unspecified atom stereocenters. The molecule has 0 bridgehead atoms. The molecule has 24 heavy (non-hydrogen) atoms. The van der Waals surface area contributed by atoms with Crippen molar-refractivity contribution in [2.75, 3.05) is 32.7 Å². The van der Waals surface area contributed by atoms with E-state index in [9.17, 15) is 18.7 Å². The third-order valence-corrected chi connectivity index (χ3v) is 5.02. The summed E-state index contributed by atoms with van der Waals surface area (Å²) in [4.78, 5) is 20.0. The Hall–Kier alpha value is -1.54. The molecule has 2 fully saturated rings. The Labute approximate surface area is 140 Å². The number of imidazole rings is 1. The molecule has 2 saturated heterocycles. The van der Waals surface area contributed by atoms with Crippen LogP contribution in [0.15, 0.2) is 12.4 Å². The van der Waals surface area contributed by atoms with Crippen LogP contribution in [0.2, 0.25) is 0 Å². The summed E-state index contributed by atoms with van der Waals surface area (Å²) in [7, 11) is 0. The number of nitrogens with zero attached hydrogens (tertiary/aromatic N) is 4. The molecular formula is C16H24F2N4O2. The van der Waals surface area contributed by atoms with E-state index in [2.05, 4.69) is 4.98 Å². The van der Waals surface area contributed by atoms with Crippen LogP contribution in [0, 0.1) is 6.92 Å². The molecule has 0 radical (unpaired) electrons. The minimum atomic E-state index is -2.58. The van der Waals surface area contributed by atoms with Crippen molar-refractivity contribution in [1.82, 2.24) is 19.4 Å². The van der Waals surface area contributed by atoms with Gasteiger partial charge in [0.1, 0.15) is 12.4 Å². The Morgan fingerprint density at radius 1 is 1.29 bits per heavy atom. The predicted molar refractivity (Wildman–Crippen MR) is 83.7 cm³/mol. The van der Waals surface area contributed by atoms with E-state index in [0.29, 0.717) is 19.5 Å². The first-order chi connectivity index (χ1) is 11.3. The summed E-state index contributed by atoms with van der Waals surface area (Å²) in [6, 6.07) is 0. The summed E-state index contributed by atoms with van der Waals surface area (Å²) < 4.78 is 28.2. The van der Waals surface area contributed by atoms with E-state index < -0.39 is 11.5 Å². The van der Waals surface area contributed by atoms with Gasteiger partial charge in [0.15, 0.2) is 0 Å². The van der Waals surface area contributed by atoms with E-state index in [0.717, 1.165) is 5.82 Å². The lowest BCUT2D eigenvalue weighted by Crippen LogP contribution is -2.49. The number of aromatic nitrogens is 2. The summed E-state index contributed by atoms with van der Waals surface area (Å²) in [6.07, 6.45) is 3.56. The highest BCUT2D eigenvalue weighted by Gasteiger charge is 2.42. The normalized spacial score (nSPS) is 27.6. The molecule has 6 nitrogen and oxygen atoms in total. The second-order valence-electron chi connectivity index (χ2n) is 7.02. The maximum atomic E-state index is 13.2. The minimum Gasteiger partial charge on any atom is -0.387 e. The molecule has 0 aromatic carbocycles. The van der Waals surface area contributed by atoms with Crippen LogP contribution in [0.4, 0.5) is 8.78 Å². The third kappa shape index (κ3) is 3.92. The highest BCUT2D eigenvalue weighted by molar-refractivity contribution is 5.76. The second kappa shape index (κ2) is 6.40. The van der Waals surface area contributed by atoms with E-state index in [-0.39, 0.29) is 44.9 Å². The Bertz CT molecular complexity index is 597.